The van der Waals surface area contributed by atoms with Gasteiger partial charge in [0.25, 0.3) is 0 Å². The molecule has 1 fully saturated rings. The van der Waals surface area contributed by atoms with Crippen LogP contribution in [0.2, 0.25) is 0 Å². The molecule has 5 heteroatoms. The summed E-state index contributed by atoms with van der Waals surface area (Å²) < 4.78 is 11.1. The average molecular weight is 336 g/mol. The van der Waals surface area contributed by atoms with E-state index in [0.717, 1.165) is 11.1 Å². The Morgan fingerprint density at radius 2 is 1.84 bits per heavy atom. The van der Waals surface area contributed by atoms with Crippen molar-refractivity contribution >= 4 is 10.8 Å². The number of rotatable bonds is 4. The van der Waals surface area contributed by atoms with Gasteiger partial charge in [0.15, 0.2) is 0 Å². The van der Waals surface area contributed by atoms with Gasteiger partial charge in [0.2, 0.25) is 5.88 Å². The molecule has 128 valence electrons. The zero-order valence-electron chi connectivity index (χ0n) is 13.9. The number of nitrogens with zero attached hydrogens (tertiary/aromatic N) is 2. The van der Waals surface area contributed by atoms with E-state index in [1.807, 2.05) is 18.2 Å². The molecular weight excluding hydrogens is 316 g/mol. The van der Waals surface area contributed by atoms with Crippen LogP contribution < -0.4 is 4.74 Å². The number of fused-ring (bicyclic) bond motifs is 1. The van der Waals surface area contributed by atoms with Crippen molar-refractivity contribution in [1.29, 1.82) is 0 Å². The number of hydrogen-bond acceptors (Lipinski definition) is 5. The fourth-order valence-electron chi connectivity index (χ4n) is 3.16. The monoisotopic (exact) mass is 336 g/mol. The van der Waals surface area contributed by atoms with Crippen molar-refractivity contribution in [3.63, 3.8) is 0 Å². The standard InChI is InChI=1S/C20H20N2O3/c23-20(7-9-24-10-8-20)18-12-19(22-21-13-18)25-14-15-5-6-16-3-1-2-4-17(16)11-15/h1-6,11-13,23H,7-10,14H2. The van der Waals surface area contributed by atoms with E-state index in [1.54, 1.807) is 12.3 Å². The molecular formula is C20H20N2O3. The second-order valence-electron chi connectivity index (χ2n) is 6.40. The second-order valence-corrected chi connectivity index (χ2v) is 6.40. The van der Waals surface area contributed by atoms with Crippen LogP contribution in [0.25, 0.3) is 10.8 Å². The van der Waals surface area contributed by atoms with E-state index in [0.29, 0.717) is 38.5 Å². The first-order chi connectivity index (χ1) is 12.2. The van der Waals surface area contributed by atoms with Gasteiger partial charge in [-0.25, -0.2) is 0 Å². The maximum absolute atomic E-state index is 10.8. The molecule has 0 aliphatic carbocycles. The lowest BCUT2D eigenvalue weighted by molar-refractivity contribution is -0.0683. The Labute approximate surface area is 146 Å². The molecule has 4 rings (SSSR count). The lowest BCUT2D eigenvalue weighted by Gasteiger charge is -2.32. The molecule has 1 N–H and O–H groups in total. The summed E-state index contributed by atoms with van der Waals surface area (Å²) in [4.78, 5) is 0. The van der Waals surface area contributed by atoms with E-state index in [9.17, 15) is 5.11 Å². The molecule has 0 atom stereocenters. The van der Waals surface area contributed by atoms with Gasteiger partial charge in [-0.15, -0.1) is 5.10 Å². The Hall–Kier alpha value is -2.50. The summed E-state index contributed by atoms with van der Waals surface area (Å²) in [7, 11) is 0. The Balaban J connectivity index is 1.49. The van der Waals surface area contributed by atoms with E-state index >= 15 is 0 Å². The summed E-state index contributed by atoms with van der Waals surface area (Å²) in [5.74, 6) is 0.422. The van der Waals surface area contributed by atoms with Gasteiger partial charge >= 0.3 is 0 Å². The van der Waals surface area contributed by atoms with Crippen molar-refractivity contribution in [2.45, 2.75) is 25.0 Å². The fraction of sp³-hybridized carbons (Fsp3) is 0.300. The third-order valence-corrected chi connectivity index (χ3v) is 4.69. The Morgan fingerprint density at radius 3 is 2.68 bits per heavy atom. The maximum Gasteiger partial charge on any atom is 0.234 e. The Morgan fingerprint density at radius 1 is 1.04 bits per heavy atom. The van der Waals surface area contributed by atoms with Gasteiger partial charge < -0.3 is 14.6 Å². The van der Waals surface area contributed by atoms with Crippen LogP contribution in [-0.2, 0) is 16.9 Å². The van der Waals surface area contributed by atoms with Gasteiger partial charge in [-0.05, 0) is 22.4 Å². The van der Waals surface area contributed by atoms with Gasteiger partial charge in [0, 0.05) is 37.7 Å². The van der Waals surface area contributed by atoms with Crippen molar-refractivity contribution in [2.24, 2.45) is 0 Å². The lowest BCUT2D eigenvalue weighted by atomic mass is 9.88. The molecule has 0 spiro atoms. The molecule has 2 heterocycles. The molecule has 3 aromatic rings. The summed E-state index contributed by atoms with van der Waals surface area (Å²) >= 11 is 0. The molecule has 25 heavy (non-hydrogen) atoms. The molecule has 2 aromatic carbocycles. The van der Waals surface area contributed by atoms with E-state index in [-0.39, 0.29) is 0 Å². The largest absolute Gasteiger partial charge is 0.472 e. The van der Waals surface area contributed by atoms with E-state index < -0.39 is 5.60 Å². The van der Waals surface area contributed by atoms with Crippen LogP contribution in [0.3, 0.4) is 0 Å². The maximum atomic E-state index is 10.8. The predicted octanol–water partition coefficient (Wildman–Crippen LogP) is 3.21. The van der Waals surface area contributed by atoms with Gasteiger partial charge in [-0.3, -0.25) is 0 Å². The molecule has 0 bridgehead atoms. The first-order valence-corrected chi connectivity index (χ1v) is 8.47. The van der Waals surface area contributed by atoms with E-state index in [1.165, 1.54) is 10.8 Å². The molecule has 1 saturated heterocycles. The van der Waals surface area contributed by atoms with Crippen molar-refractivity contribution in [3.05, 3.63) is 65.9 Å². The summed E-state index contributed by atoms with van der Waals surface area (Å²) in [6.45, 7) is 1.50. The van der Waals surface area contributed by atoms with Crippen LogP contribution in [0.1, 0.15) is 24.0 Å². The summed E-state index contributed by atoms with van der Waals surface area (Å²) in [6.07, 6.45) is 2.72. The molecule has 1 aliphatic heterocycles. The van der Waals surface area contributed by atoms with Crippen LogP contribution in [0.4, 0.5) is 0 Å². The van der Waals surface area contributed by atoms with Gasteiger partial charge in [0.1, 0.15) is 6.61 Å². The average Bonchev–Trinajstić information content (AvgIpc) is 2.67. The van der Waals surface area contributed by atoms with Crippen molar-refractivity contribution < 1.29 is 14.6 Å². The van der Waals surface area contributed by atoms with Crippen molar-refractivity contribution in [1.82, 2.24) is 10.2 Å². The number of aromatic nitrogens is 2. The van der Waals surface area contributed by atoms with E-state index in [2.05, 4.69) is 34.5 Å². The minimum absolute atomic E-state index is 0.407. The van der Waals surface area contributed by atoms with Crippen LogP contribution in [-0.4, -0.2) is 28.5 Å². The summed E-state index contributed by atoms with van der Waals surface area (Å²) in [5.41, 5.74) is 0.893. The van der Waals surface area contributed by atoms with Crippen LogP contribution in [0.5, 0.6) is 5.88 Å². The zero-order valence-corrected chi connectivity index (χ0v) is 13.9. The molecule has 1 aliphatic rings. The highest BCUT2D eigenvalue weighted by atomic mass is 16.5. The first kappa shape index (κ1) is 16.0. The topological polar surface area (TPSA) is 64.5 Å². The highest BCUT2D eigenvalue weighted by Gasteiger charge is 2.32. The molecule has 5 nitrogen and oxygen atoms in total. The highest BCUT2D eigenvalue weighted by Crippen LogP contribution is 2.32. The first-order valence-electron chi connectivity index (χ1n) is 8.47. The number of aliphatic hydroxyl groups is 1. The number of ether oxygens (including phenoxy) is 2. The normalized spacial score (nSPS) is 16.7. The third-order valence-electron chi connectivity index (χ3n) is 4.69. The molecule has 0 unspecified atom stereocenters. The van der Waals surface area contributed by atoms with Crippen molar-refractivity contribution in [2.75, 3.05) is 13.2 Å². The lowest BCUT2D eigenvalue weighted by Crippen LogP contribution is -2.33. The van der Waals surface area contributed by atoms with E-state index in [4.69, 9.17) is 9.47 Å². The second kappa shape index (κ2) is 6.78. The van der Waals surface area contributed by atoms with Crippen molar-refractivity contribution in [3.8, 4) is 5.88 Å². The zero-order chi connectivity index (χ0) is 17.1. The van der Waals surface area contributed by atoms with Gasteiger partial charge in [0.05, 0.1) is 11.8 Å². The quantitative estimate of drug-likeness (QED) is 0.792. The minimum Gasteiger partial charge on any atom is -0.472 e. The van der Waals surface area contributed by atoms with Crippen LogP contribution in [0, 0.1) is 0 Å². The molecule has 0 saturated carbocycles. The van der Waals surface area contributed by atoms with Crippen LogP contribution in [0.15, 0.2) is 54.7 Å². The number of hydrogen-bond donors (Lipinski definition) is 1. The molecule has 0 amide bonds. The predicted molar refractivity (Wildman–Crippen MR) is 94.3 cm³/mol. The Kier molecular flexibility index (Phi) is 4.34. The highest BCUT2D eigenvalue weighted by molar-refractivity contribution is 5.82. The summed E-state index contributed by atoms with van der Waals surface area (Å²) in [5, 5.41) is 21.2. The molecule has 0 radical (unpaired) electrons. The summed E-state index contributed by atoms with van der Waals surface area (Å²) in [6, 6.07) is 16.2. The van der Waals surface area contributed by atoms with Gasteiger partial charge in [-0.2, -0.15) is 5.10 Å². The Bertz CT molecular complexity index is 875. The van der Waals surface area contributed by atoms with Gasteiger partial charge in [-0.1, -0.05) is 36.4 Å². The third kappa shape index (κ3) is 3.48. The fourth-order valence-corrected chi connectivity index (χ4v) is 3.16. The minimum atomic E-state index is -0.907. The van der Waals surface area contributed by atoms with Crippen LogP contribution >= 0.6 is 0 Å². The molecule has 1 aromatic heterocycles. The SMILES string of the molecule is OC1(c2cnnc(OCc3ccc4ccccc4c3)c2)CCOCC1. The number of benzene rings is 2. The smallest absolute Gasteiger partial charge is 0.234 e.